The maximum atomic E-state index is 12.5. The number of fused-ring (bicyclic) bond motifs is 1. The highest BCUT2D eigenvalue weighted by atomic mass is 16.5. The van der Waals surface area contributed by atoms with Crippen molar-refractivity contribution in [3.63, 3.8) is 0 Å². The molecule has 0 saturated carbocycles. The van der Waals surface area contributed by atoms with Crippen LogP contribution in [0.5, 0.6) is 0 Å². The van der Waals surface area contributed by atoms with Crippen LogP contribution in [0.2, 0.25) is 0 Å². The first-order valence-electron chi connectivity index (χ1n) is 11.8. The summed E-state index contributed by atoms with van der Waals surface area (Å²) in [6.45, 7) is 16.2. The zero-order valence-electron chi connectivity index (χ0n) is 21.2. The molecule has 0 aliphatic carbocycles. The fourth-order valence-electron chi connectivity index (χ4n) is 4.96. The number of carbonyl (C=O) groups is 1. The number of carboxylic acids is 1. The van der Waals surface area contributed by atoms with Crippen molar-refractivity contribution in [2.45, 2.75) is 79.8 Å². The van der Waals surface area contributed by atoms with Crippen molar-refractivity contribution in [2.75, 3.05) is 0 Å². The molecule has 34 heavy (non-hydrogen) atoms. The van der Waals surface area contributed by atoms with E-state index in [4.69, 9.17) is 4.74 Å². The van der Waals surface area contributed by atoms with Gasteiger partial charge in [0.05, 0.1) is 17.8 Å². The van der Waals surface area contributed by atoms with E-state index in [0.29, 0.717) is 0 Å². The molecule has 6 nitrogen and oxygen atoms in total. The number of aliphatic carboxylic acids is 1. The fraction of sp³-hybridized carbons (Fsp3) is 0.429. The number of aryl methyl sites for hydroxylation is 2. The van der Waals surface area contributed by atoms with Crippen molar-refractivity contribution in [3.8, 4) is 11.1 Å². The highest BCUT2D eigenvalue weighted by molar-refractivity contribution is 5.84. The van der Waals surface area contributed by atoms with Crippen LogP contribution in [-0.4, -0.2) is 31.5 Å². The Morgan fingerprint density at radius 3 is 2.24 bits per heavy atom. The van der Waals surface area contributed by atoms with Crippen LogP contribution in [0.1, 0.15) is 71.8 Å². The molecule has 6 heteroatoms. The predicted molar refractivity (Wildman–Crippen MR) is 134 cm³/mol. The van der Waals surface area contributed by atoms with E-state index < -0.39 is 17.7 Å². The highest BCUT2D eigenvalue weighted by Gasteiger charge is 2.35. The van der Waals surface area contributed by atoms with Crippen molar-refractivity contribution in [3.05, 3.63) is 75.4 Å². The number of aromatic amines is 1. The minimum Gasteiger partial charge on any atom is -0.479 e. The molecule has 0 spiro atoms. The normalized spacial score (nSPS) is 14.9. The van der Waals surface area contributed by atoms with Crippen LogP contribution >= 0.6 is 0 Å². The molecule has 1 unspecified atom stereocenters. The Morgan fingerprint density at radius 1 is 1.09 bits per heavy atom. The molecule has 1 aliphatic heterocycles. The number of carboxylic acid groups (broad SMARTS) is 1. The lowest BCUT2D eigenvalue weighted by molar-refractivity contribution is -0.160. The third-order valence-electron chi connectivity index (χ3n) is 6.51. The van der Waals surface area contributed by atoms with Crippen molar-refractivity contribution < 1.29 is 14.6 Å². The van der Waals surface area contributed by atoms with Crippen molar-refractivity contribution in [1.82, 2.24) is 14.9 Å². The maximum Gasteiger partial charge on any atom is 0.337 e. The molecule has 1 atom stereocenters. The smallest absolute Gasteiger partial charge is 0.337 e. The van der Waals surface area contributed by atoms with Gasteiger partial charge in [-0.15, -0.1) is 0 Å². The van der Waals surface area contributed by atoms with Crippen LogP contribution < -0.4 is 0 Å². The van der Waals surface area contributed by atoms with Gasteiger partial charge in [0.1, 0.15) is 5.82 Å². The second-order valence-electron chi connectivity index (χ2n) is 10.4. The average Bonchev–Trinajstić information content (AvgIpc) is 3.35. The lowest BCUT2D eigenvalue weighted by atomic mass is 9.83. The zero-order chi connectivity index (χ0) is 24.8. The van der Waals surface area contributed by atoms with Gasteiger partial charge in [-0.2, -0.15) is 0 Å². The molecule has 2 N–H and O–H groups in total. The number of benzene rings is 2. The second kappa shape index (κ2) is 9.01. The topological polar surface area (TPSA) is 78.5 Å². The third kappa shape index (κ3) is 4.79. The Kier molecular flexibility index (Phi) is 6.40. The van der Waals surface area contributed by atoms with Gasteiger partial charge < -0.3 is 14.8 Å². The summed E-state index contributed by atoms with van der Waals surface area (Å²) in [6.07, 6.45) is 0.867. The third-order valence-corrected chi connectivity index (χ3v) is 6.51. The number of hydrogen-bond donors (Lipinski definition) is 2. The van der Waals surface area contributed by atoms with Gasteiger partial charge in [0.25, 0.3) is 0 Å². The molecule has 0 bridgehead atoms. The Bertz CT molecular complexity index is 1220. The van der Waals surface area contributed by atoms with Gasteiger partial charge in [-0.3, -0.25) is 4.90 Å². The first-order valence-corrected chi connectivity index (χ1v) is 11.8. The monoisotopic (exact) mass is 461 g/mol. The number of aromatic nitrogens is 2. The van der Waals surface area contributed by atoms with E-state index in [1.807, 2.05) is 40.8 Å². The number of nitrogens with one attached hydrogen (secondary N) is 1. The Labute approximate surface area is 202 Å². The summed E-state index contributed by atoms with van der Waals surface area (Å²) in [5, 5.41) is 10.3. The number of H-pyrrole nitrogens is 1. The van der Waals surface area contributed by atoms with Crippen molar-refractivity contribution in [2.24, 2.45) is 0 Å². The SMILES string of the molecule is Cc1ccc(-c2c(C)c3c(c(C)c2C(OC(C)(C)C)C(=O)O)CN(Cc2nc(C)c[nH]2)C3)cc1. The summed E-state index contributed by atoms with van der Waals surface area (Å²) >= 11 is 0. The number of nitrogens with zero attached hydrogens (tertiary/aromatic N) is 2. The molecule has 1 aromatic heterocycles. The molecule has 2 heterocycles. The lowest BCUT2D eigenvalue weighted by Gasteiger charge is -2.30. The Hall–Kier alpha value is -2.96. The van der Waals surface area contributed by atoms with E-state index in [2.05, 4.69) is 53.0 Å². The maximum absolute atomic E-state index is 12.5. The quantitative estimate of drug-likeness (QED) is 0.487. The van der Waals surface area contributed by atoms with E-state index in [1.54, 1.807) is 0 Å². The molecule has 1 aliphatic rings. The number of imidazole rings is 1. The molecule has 0 radical (unpaired) electrons. The van der Waals surface area contributed by atoms with Crippen LogP contribution in [0.4, 0.5) is 0 Å². The first kappa shape index (κ1) is 24.2. The van der Waals surface area contributed by atoms with Crippen LogP contribution in [0.15, 0.2) is 30.5 Å². The second-order valence-corrected chi connectivity index (χ2v) is 10.4. The van der Waals surface area contributed by atoms with E-state index in [9.17, 15) is 9.90 Å². The summed E-state index contributed by atoms with van der Waals surface area (Å²) in [5.74, 6) is -0.0225. The number of hydrogen-bond acceptors (Lipinski definition) is 4. The van der Waals surface area contributed by atoms with E-state index >= 15 is 0 Å². The highest BCUT2D eigenvalue weighted by Crippen LogP contribution is 2.43. The van der Waals surface area contributed by atoms with Gasteiger partial charge in [-0.1, -0.05) is 29.8 Å². The van der Waals surface area contributed by atoms with Gasteiger partial charge in [-0.25, -0.2) is 9.78 Å². The van der Waals surface area contributed by atoms with E-state index in [1.165, 1.54) is 16.7 Å². The zero-order valence-corrected chi connectivity index (χ0v) is 21.2. The molecule has 3 aromatic rings. The standard InChI is InChI=1S/C28H35N3O3/c1-16-8-10-20(11-9-16)24-18(3)21-13-31(15-23-29-12-17(2)30-23)14-22(21)19(4)25(24)26(27(32)33)34-28(5,6)7/h8-12,26H,13-15H2,1-7H3,(H,29,30)(H,32,33). The number of rotatable bonds is 6. The fourth-order valence-corrected chi connectivity index (χ4v) is 4.96. The predicted octanol–water partition coefficient (Wildman–Crippen LogP) is 5.77. The van der Waals surface area contributed by atoms with Gasteiger partial charge in [0, 0.05) is 24.8 Å². The van der Waals surface area contributed by atoms with Crippen LogP contribution in [0, 0.1) is 27.7 Å². The first-order chi connectivity index (χ1) is 15.9. The molecule has 2 aromatic carbocycles. The summed E-state index contributed by atoms with van der Waals surface area (Å²) in [5.41, 5.74) is 8.92. The minimum absolute atomic E-state index is 0.601. The summed E-state index contributed by atoms with van der Waals surface area (Å²) in [6, 6.07) is 8.32. The summed E-state index contributed by atoms with van der Waals surface area (Å²) in [7, 11) is 0. The van der Waals surface area contributed by atoms with Crippen molar-refractivity contribution >= 4 is 5.97 Å². The van der Waals surface area contributed by atoms with Crippen LogP contribution in [0.25, 0.3) is 11.1 Å². The average molecular weight is 462 g/mol. The lowest BCUT2D eigenvalue weighted by Crippen LogP contribution is -2.28. The van der Waals surface area contributed by atoms with Crippen molar-refractivity contribution in [1.29, 1.82) is 0 Å². The molecule has 0 fully saturated rings. The molecule has 0 saturated heterocycles. The summed E-state index contributed by atoms with van der Waals surface area (Å²) in [4.78, 5) is 22.7. The molecular formula is C28H35N3O3. The molecule has 0 amide bonds. The van der Waals surface area contributed by atoms with E-state index in [0.717, 1.165) is 59.0 Å². The van der Waals surface area contributed by atoms with Gasteiger partial charge >= 0.3 is 5.97 Å². The Balaban J connectivity index is 1.87. The van der Waals surface area contributed by atoms with Crippen LogP contribution in [-0.2, 0) is 29.2 Å². The summed E-state index contributed by atoms with van der Waals surface area (Å²) < 4.78 is 6.16. The van der Waals surface area contributed by atoms with Gasteiger partial charge in [0.15, 0.2) is 6.10 Å². The van der Waals surface area contributed by atoms with Gasteiger partial charge in [0.2, 0.25) is 0 Å². The molecular weight excluding hydrogens is 426 g/mol. The number of ether oxygens (including phenoxy) is 1. The largest absolute Gasteiger partial charge is 0.479 e. The van der Waals surface area contributed by atoms with E-state index in [-0.39, 0.29) is 0 Å². The minimum atomic E-state index is -1.05. The Morgan fingerprint density at radius 2 is 1.71 bits per heavy atom. The molecule has 180 valence electrons. The van der Waals surface area contributed by atoms with Gasteiger partial charge in [-0.05, 0) is 81.8 Å². The molecule has 4 rings (SSSR count). The van der Waals surface area contributed by atoms with Crippen LogP contribution in [0.3, 0.4) is 0 Å².